The monoisotopic (exact) mass is 475 g/mol. The summed E-state index contributed by atoms with van der Waals surface area (Å²) in [6.07, 6.45) is 1.04. The fourth-order valence-electron chi connectivity index (χ4n) is 3.68. The number of hydrogen-bond acceptors (Lipinski definition) is 6. The lowest BCUT2D eigenvalue weighted by molar-refractivity contribution is -0.109. The molecule has 0 saturated heterocycles. The minimum absolute atomic E-state index is 0.0885. The van der Waals surface area contributed by atoms with Crippen molar-refractivity contribution in [3.05, 3.63) is 46.3 Å². The summed E-state index contributed by atoms with van der Waals surface area (Å²) >= 11 is 0. The van der Waals surface area contributed by atoms with Gasteiger partial charge in [0.05, 0.1) is 31.1 Å². The second kappa shape index (κ2) is 10.3. The standard InChI is InChI=1S/C19H18F2N6O3.C2H5NO/c1-10-7-15-12(17-18(28)25(2)30-6-5-27(17)24-15)9-26(10)19(29)23-14-4-3-13(20)11(8-22)16(14)21;1-3-2-4/h3-4,10H,5-7,9H2,1-2H3,(H,23,29);2H,1H3,(H,3,4)/t10-;/m1./s1. The van der Waals surface area contributed by atoms with Gasteiger partial charge in [0.2, 0.25) is 6.41 Å². The maximum absolute atomic E-state index is 14.3. The first-order valence-corrected chi connectivity index (χ1v) is 10.3. The summed E-state index contributed by atoms with van der Waals surface area (Å²) in [5, 5.41) is 19.2. The van der Waals surface area contributed by atoms with Gasteiger partial charge in [-0.2, -0.15) is 10.4 Å². The summed E-state index contributed by atoms with van der Waals surface area (Å²) in [4.78, 5) is 41.3. The number of urea groups is 1. The number of benzene rings is 1. The molecule has 2 aliphatic rings. The second-order valence-electron chi connectivity index (χ2n) is 7.55. The molecule has 4 rings (SSSR count). The lowest BCUT2D eigenvalue weighted by Gasteiger charge is -2.33. The molecule has 2 aromatic rings. The number of hydrogen-bond donors (Lipinski definition) is 2. The zero-order valence-electron chi connectivity index (χ0n) is 18.8. The van der Waals surface area contributed by atoms with E-state index in [1.807, 2.05) is 6.92 Å². The van der Waals surface area contributed by atoms with E-state index in [0.717, 1.165) is 22.9 Å². The third-order valence-electron chi connectivity index (χ3n) is 5.38. The topological polar surface area (TPSA) is 133 Å². The summed E-state index contributed by atoms with van der Waals surface area (Å²) in [7, 11) is 3.07. The molecule has 1 atom stereocenters. The molecular formula is C21H23F2N7O4. The van der Waals surface area contributed by atoms with E-state index in [1.54, 1.807) is 11.7 Å². The molecule has 0 spiro atoms. The van der Waals surface area contributed by atoms with E-state index < -0.39 is 23.2 Å². The third-order valence-corrected chi connectivity index (χ3v) is 5.38. The Balaban J connectivity index is 0.000000751. The van der Waals surface area contributed by atoms with Crippen molar-refractivity contribution in [3.63, 3.8) is 0 Å². The van der Waals surface area contributed by atoms with Crippen molar-refractivity contribution < 1.29 is 28.0 Å². The summed E-state index contributed by atoms with van der Waals surface area (Å²) < 4.78 is 29.5. The first kappa shape index (κ1) is 24.6. The smallest absolute Gasteiger partial charge is 0.322 e. The van der Waals surface area contributed by atoms with E-state index in [2.05, 4.69) is 15.7 Å². The first-order chi connectivity index (χ1) is 16.2. The van der Waals surface area contributed by atoms with E-state index in [1.165, 1.54) is 18.0 Å². The van der Waals surface area contributed by atoms with E-state index in [0.29, 0.717) is 37.2 Å². The van der Waals surface area contributed by atoms with Gasteiger partial charge in [-0.15, -0.1) is 0 Å². The van der Waals surface area contributed by atoms with E-state index in [4.69, 9.17) is 14.9 Å². The molecule has 0 aliphatic carbocycles. The number of carbonyl (C=O) groups excluding carboxylic acids is 3. The second-order valence-corrected chi connectivity index (χ2v) is 7.55. The molecule has 13 heteroatoms. The predicted molar refractivity (Wildman–Crippen MR) is 114 cm³/mol. The Kier molecular flexibility index (Phi) is 7.42. The number of hydroxylamine groups is 2. The van der Waals surface area contributed by atoms with E-state index in [-0.39, 0.29) is 24.2 Å². The number of anilines is 1. The average Bonchev–Trinajstić information content (AvgIpc) is 3.09. The Bertz CT molecular complexity index is 1160. The maximum atomic E-state index is 14.3. The predicted octanol–water partition coefficient (Wildman–Crippen LogP) is 1.39. The minimum Gasteiger partial charge on any atom is -0.362 e. The molecule has 0 fully saturated rings. The number of nitrogens with zero attached hydrogens (tertiary/aromatic N) is 5. The number of aromatic nitrogens is 2. The average molecular weight is 475 g/mol. The highest BCUT2D eigenvalue weighted by Gasteiger charge is 2.36. The summed E-state index contributed by atoms with van der Waals surface area (Å²) in [5.41, 5.74) is 0.633. The molecule has 34 heavy (non-hydrogen) atoms. The number of fused-ring (bicyclic) bond motifs is 3. The van der Waals surface area contributed by atoms with Crippen LogP contribution in [0.5, 0.6) is 0 Å². The molecule has 0 unspecified atom stereocenters. The van der Waals surface area contributed by atoms with Crippen LogP contribution in [0.4, 0.5) is 19.3 Å². The number of halogens is 2. The Morgan fingerprint density at radius 1 is 1.38 bits per heavy atom. The van der Waals surface area contributed by atoms with Gasteiger partial charge in [0.15, 0.2) is 5.82 Å². The zero-order valence-corrected chi connectivity index (χ0v) is 18.8. The molecule has 1 aromatic carbocycles. The first-order valence-electron chi connectivity index (χ1n) is 10.3. The van der Waals surface area contributed by atoms with Crippen molar-refractivity contribution in [3.8, 4) is 6.07 Å². The Morgan fingerprint density at radius 2 is 2.09 bits per heavy atom. The lowest BCUT2D eigenvalue weighted by Crippen LogP contribution is -2.45. The van der Waals surface area contributed by atoms with Gasteiger partial charge in [-0.25, -0.2) is 18.6 Å². The van der Waals surface area contributed by atoms with Gasteiger partial charge < -0.3 is 15.5 Å². The van der Waals surface area contributed by atoms with Crippen molar-refractivity contribution >= 4 is 24.0 Å². The van der Waals surface area contributed by atoms with Crippen LogP contribution in [-0.4, -0.2) is 64.8 Å². The van der Waals surface area contributed by atoms with Crippen molar-refractivity contribution in [2.45, 2.75) is 32.5 Å². The van der Waals surface area contributed by atoms with Crippen LogP contribution in [0.2, 0.25) is 0 Å². The van der Waals surface area contributed by atoms with Crippen LogP contribution >= 0.6 is 0 Å². The number of carbonyl (C=O) groups is 3. The lowest BCUT2D eigenvalue weighted by atomic mass is 9.99. The maximum Gasteiger partial charge on any atom is 0.322 e. The van der Waals surface area contributed by atoms with E-state index >= 15 is 0 Å². The largest absolute Gasteiger partial charge is 0.362 e. The highest BCUT2D eigenvalue weighted by atomic mass is 19.1. The quantitative estimate of drug-likeness (QED) is 0.631. The van der Waals surface area contributed by atoms with Crippen LogP contribution in [0.15, 0.2) is 12.1 Å². The molecule has 2 N–H and O–H groups in total. The molecule has 2 aliphatic heterocycles. The van der Waals surface area contributed by atoms with Crippen LogP contribution in [0.3, 0.4) is 0 Å². The summed E-state index contributed by atoms with van der Waals surface area (Å²) in [5.74, 6) is -2.50. The van der Waals surface area contributed by atoms with Crippen molar-refractivity contribution in [2.75, 3.05) is 26.0 Å². The molecule has 3 heterocycles. The molecule has 180 valence electrons. The van der Waals surface area contributed by atoms with Gasteiger partial charge >= 0.3 is 6.03 Å². The molecule has 1 aromatic heterocycles. The summed E-state index contributed by atoms with van der Waals surface area (Å²) in [6.45, 7) is 2.59. The number of amides is 4. The van der Waals surface area contributed by atoms with E-state index in [9.17, 15) is 18.4 Å². The van der Waals surface area contributed by atoms with Gasteiger partial charge in [-0.3, -0.25) is 19.1 Å². The normalized spacial score (nSPS) is 16.8. The fourth-order valence-corrected chi connectivity index (χ4v) is 3.68. The van der Waals surface area contributed by atoms with Crippen molar-refractivity contribution in [2.24, 2.45) is 0 Å². The van der Waals surface area contributed by atoms with Crippen LogP contribution in [0.25, 0.3) is 0 Å². The SMILES string of the molecule is CNC=O.C[C@@H]1Cc2nn3c(c2CN1C(=O)Nc1ccc(F)c(C#N)c1F)C(=O)N(C)OCC3. The highest BCUT2D eigenvalue weighted by molar-refractivity contribution is 5.94. The van der Waals surface area contributed by atoms with Crippen LogP contribution in [0, 0.1) is 23.0 Å². The fraction of sp³-hybridized carbons (Fsp3) is 0.381. The van der Waals surface area contributed by atoms with Crippen LogP contribution in [-0.2, 0) is 29.1 Å². The number of nitrogens with one attached hydrogen (secondary N) is 2. The Hall–Kier alpha value is -4.05. The molecule has 0 radical (unpaired) electrons. The van der Waals surface area contributed by atoms with Crippen molar-refractivity contribution in [1.82, 2.24) is 25.1 Å². The minimum atomic E-state index is -1.13. The molecule has 4 amide bonds. The number of nitriles is 1. The zero-order chi connectivity index (χ0) is 25.0. The molecular weight excluding hydrogens is 452 g/mol. The van der Waals surface area contributed by atoms with Crippen molar-refractivity contribution in [1.29, 1.82) is 5.26 Å². The molecule has 0 bridgehead atoms. The van der Waals surface area contributed by atoms with Crippen LogP contribution in [0.1, 0.15) is 34.2 Å². The van der Waals surface area contributed by atoms with Gasteiger partial charge in [0.1, 0.15) is 23.1 Å². The van der Waals surface area contributed by atoms with Gasteiger partial charge in [-0.05, 0) is 19.1 Å². The Labute approximate surface area is 193 Å². The Morgan fingerprint density at radius 3 is 2.74 bits per heavy atom. The van der Waals surface area contributed by atoms with Crippen LogP contribution < -0.4 is 10.6 Å². The van der Waals surface area contributed by atoms with Gasteiger partial charge in [-0.1, -0.05) is 0 Å². The highest BCUT2D eigenvalue weighted by Crippen LogP contribution is 2.29. The van der Waals surface area contributed by atoms with Gasteiger partial charge in [0, 0.05) is 32.1 Å². The number of rotatable bonds is 2. The van der Waals surface area contributed by atoms with Gasteiger partial charge in [0.25, 0.3) is 5.91 Å². The summed E-state index contributed by atoms with van der Waals surface area (Å²) in [6, 6.07) is 2.51. The third kappa shape index (κ3) is 4.67. The molecule has 11 nitrogen and oxygen atoms in total. The molecule has 0 saturated carbocycles.